The Bertz CT molecular complexity index is 466. The molecule has 6 N–H and O–H groups in total. The Hall–Kier alpha value is -2.49. The van der Waals surface area contributed by atoms with Gasteiger partial charge >= 0.3 is 0 Å². The van der Waals surface area contributed by atoms with Crippen molar-refractivity contribution in [3.8, 4) is 0 Å². The van der Waals surface area contributed by atoms with Gasteiger partial charge in [0.2, 0.25) is 5.91 Å². The molecule has 0 heterocycles. The predicted octanol–water partition coefficient (Wildman–Crippen LogP) is 1.64. The Morgan fingerprint density at radius 1 is 0.765 bits per heavy atom. The molecular formula is C13H15N3O. The van der Waals surface area contributed by atoms with Crippen LogP contribution < -0.4 is 17.2 Å². The van der Waals surface area contributed by atoms with E-state index in [9.17, 15) is 4.79 Å². The van der Waals surface area contributed by atoms with Crippen molar-refractivity contribution in [3.63, 3.8) is 0 Å². The summed E-state index contributed by atoms with van der Waals surface area (Å²) in [6.45, 7) is 0. The van der Waals surface area contributed by atoms with Crippen LogP contribution >= 0.6 is 0 Å². The van der Waals surface area contributed by atoms with Crippen molar-refractivity contribution in [1.82, 2.24) is 0 Å². The number of nitrogens with two attached hydrogens (primary N) is 3. The molecule has 1 amide bonds. The molecule has 0 saturated carbocycles. The largest absolute Gasteiger partial charge is 0.399 e. The molecule has 0 fully saturated rings. The highest BCUT2D eigenvalue weighted by molar-refractivity contribution is 5.92. The van der Waals surface area contributed by atoms with Gasteiger partial charge in [-0.2, -0.15) is 0 Å². The topological polar surface area (TPSA) is 95.1 Å². The number of hydrogen-bond donors (Lipinski definition) is 3. The summed E-state index contributed by atoms with van der Waals surface area (Å²) in [4.78, 5) is 10.5. The van der Waals surface area contributed by atoms with Crippen LogP contribution in [0.4, 0.5) is 11.4 Å². The first-order valence-electron chi connectivity index (χ1n) is 5.05. The van der Waals surface area contributed by atoms with E-state index in [0.717, 1.165) is 5.69 Å². The number of carbonyl (C=O) groups is 1. The van der Waals surface area contributed by atoms with Crippen molar-refractivity contribution in [2.45, 2.75) is 0 Å². The molecule has 2 rings (SSSR count). The molecule has 2 aromatic rings. The van der Waals surface area contributed by atoms with E-state index in [1.165, 1.54) is 0 Å². The zero-order chi connectivity index (χ0) is 12.7. The first-order chi connectivity index (χ1) is 8.09. The predicted molar refractivity (Wildman–Crippen MR) is 70.2 cm³/mol. The average Bonchev–Trinajstić information content (AvgIpc) is 2.31. The van der Waals surface area contributed by atoms with Crippen LogP contribution in [0, 0.1) is 0 Å². The third-order valence-corrected chi connectivity index (χ3v) is 1.99. The lowest BCUT2D eigenvalue weighted by atomic mass is 10.2. The molecule has 0 bridgehead atoms. The fourth-order valence-corrected chi connectivity index (χ4v) is 1.10. The molecule has 0 aliphatic carbocycles. The smallest absolute Gasteiger partial charge is 0.248 e. The van der Waals surface area contributed by atoms with Crippen molar-refractivity contribution >= 4 is 17.3 Å². The van der Waals surface area contributed by atoms with E-state index in [1.54, 1.807) is 24.3 Å². The Morgan fingerprint density at radius 2 is 1.24 bits per heavy atom. The highest BCUT2D eigenvalue weighted by Gasteiger charge is 1.96. The maximum absolute atomic E-state index is 10.5. The molecule has 4 nitrogen and oxygen atoms in total. The zero-order valence-corrected chi connectivity index (χ0v) is 9.34. The number of amides is 1. The number of anilines is 2. The van der Waals surface area contributed by atoms with E-state index in [1.807, 2.05) is 30.3 Å². The summed E-state index contributed by atoms with van der Waals surface area (Å²) in [6, 6.07) is 16.0. The van der Waals surface area contributed by atoms with Crippen molar-refractivity contribution in [1.29, 1.82) is 0 Å². The van der Waals surface area contributed by atoms with Gasteiger partial charge in [0, 0.05) is 16.9 Å². The standard InChI is InChI=1S/C7H8N2O.C6H7N/c8-6-3-1-5(2-4-6)7(9)10;7-6-4-2-1-3-5-6/h1-4H,8H2,(H2,9,10);1-5H,7H2. The average molecular weight is 229 g/mol. The minimum Gasteiger partial charge on any atom is -0.399 e. The van der Waals surface area contributed by atoms with Crippen molar-refractivity contribution in [2.24, 2.45) is 5.73 Å². The van der Waals surface area contributed by atoms with Crippen LogP contribution in [0.5, 0.6) is 0 Å². The Kier molecular flexibility index (Phi) is 4.57. The van der Waals surface area contributed by atoms with Crippen LogP contribution in [0.1, 0.15) is 10.4 Å². The molecular weight excluding hydrogens is 214 g/mol. The van der Waals surface area contributed by atoms with Crippen LogP contribution in [-0.4, -0.2) is 5.91 Å². The van der Waals surface area contributed by atoms with Gasteiger partial charge in [0.05, 0.1) is 0 Å². The van der Waals surface area contributed by atoms with E-state index in [2.05, 4.69) is 0 Å². The number of rotatable bonds is 1. The summed E-state index contributed by atoms with van der Waals surface area (Å²) in [5.74, 6) is -0.431. The molecule has 0 atom stereocenters. The van der Waals surface area contributed by atoms with Crippen LogP contribution in [0.2, 0.25) is 0 Å². The fraction of sp³-hybridized carbons (Fsp3) is 0. The number of nitrogen functional groups attached to an aromatic ring is 2. The van der Waals surface area contributed by atoms with Crippen LogP contribution in [0.3, 0.4) is 0 Å². The summed E-state index contributed by atoms with van der Waals surface area (Å²) < 4.78 is 0. The van der Waals surface area contributed by atoms with Gasteiger partial charge < -0.3 is 17.2 Å². The maximum Gasteiger partial charge on any atom is 0.248 e. The van der Waals surface area contributed by atoms with Gasteiger partial charge in [0.15, 0.2) is 0 Å². The summed E-state index contributed by atoms with van der Waals surface area (Å²) in [7, 11) is 0. The minimum absolute atomic E-state index is 0.431. The quantitative estimate of drug-likeness (QED) is 0.648. The highest BCUT2D eigenvalue weighted by atomic mass is 16.1. The van der Waals surface area contributed by atoms with Crippen LogP contribution in [0.25, 0.3) is 0 Å². The second-order valence-corrected chi connectivity index (χ2v) is 3.40. The van der Waals surface area contributed by atoms with Gasteiger partial charge in [-0.05, 0) is 36.4 Å². The van der Waals surface area contributed by atoms with E-state index in [-0.39, 0.29) is 0 Å². The number of primary amides is 1. The van der Waals surface area contributed by atoms with Crippen molar-refractivity contribution in [2.75, 3.05) is 11.5 Å². The molecule has 0 spiro atoms. The highest BCUT2D eigenvalue weighted by Crippen LogP contribution is 2.03. The van der Waals surface area contributed by atoms with E-state index in [0.29, 0.717) is 11.3 Å². The SMILES string of the molecule is NC(=O)c1ccc(N)cc1.Nc1ccccc1. The van der Waals surface area contributed by atoms with Gasteiger partial charge in [0.1, 0.15) is 0 Å². The molecule has 2 aromatic carbocycles. The lowest BCUT2D eigenvalue weighted by molar-refractivity contribution is 0.100. The van der Waals surface area contributed by atoms with Crippen molar-refractivity contribution in [3.05, 3.63) is 60.2 Å². The lowest BCUT2D eigenvalue weighted by Gasteiger charge is -1.93. The van der Waals surface area contributed by atoms with Crippen LogP contribution in [-0.2, 0) is 0 Å². The third-order valence-electron chi connectivity index (χ3n) is 1.99. The Morgan fingerprint density at radius 3 is 1.59 bits per heavy atom. The molecule has 88 valence electrons. The maximum atomic E-state index is 10.5. The number of hydrogen-bond acceptors (Lipinski definition) is 3. The molecule has 0 aromatic heterocycles. The number of benzene rings is 2. The lowest BCUT2D eigenvalue weighted by Crippen LogP contribution is -2.10. The summed E-state index contributed by atoms with van der Waals surface area (Å²) in [5.41, 5.74) is 17.6. The first kappa shape index (κ1) is 12.6. The zero-order valence-electron chi connectivity index (χ0n) is 9.34. The van der Waals surface area contributed by atoms with Gasteiger partial charge in [-0.3, -0.25) is 4.79 Å². The first-order valence-corrected chi connectivity index (χ1v) is 5.05. The van der Waals surface area contributed by atoms with Crippen LogP contribution in [0.15, 0.2) is 54.6 Å². The molecule has 0 aliphatic heterocycles. The van der Waals surface area contributed by atoms with E-state index >= 15 is 0 Å². The molecule has 17 heavy (non-hydrogen) atoms. The summed E-state index contributed by atoms with van der Waals surface area (Å²) in [6.07, 6.45) is 0. The molecule has 0 unspecified atom stereocenters. The third kappa shape index (κ3) is 4.70. The second kappa shape index (κ2) is 6.17. The number of para-hydroxylation sites is 1. The molecule has 0 radical (unpaired) electrons. The minimum atomic E-state index is -0.431. The summed E-state index contributed by atoms with van der Waals surface area (Å²) in [5, 5.41) is 0. The molecule has 0 saturated heterocycles. The Balaban J connectivity index is 0.000000181. The van der Waals surface area contributed by atoms with Crippen molar-refractivity contribution < 1.29 is 4.79 Å². The summed E-state index contributed by atoms with van der Waals surface area (Å²) >= 11 is 0. The second-order valence-electron chi connectivity index (χ2n) is 3.40. The Labute approximate surface area is 100 Å². The van der Waals surface area contributed by atoms with Gasteiger partial charge in [0.25, 0.3) is 0 Å². The van der Waals surface area contributed by atoms with Gasteiger partial charge in [-0.25, -0.2) is 0 Å². The molecule has 0 aliphatic rings. The van der Waals surface area contributed by atoms with E-state index in [4.69, 9.17) is 17.2 Å². The van der Waals surface area contributed by atoms with Gasteiger partial charge in [-0.1, -0.05) is 18.2 Å². The van der Waals surface area contributed by atoms with E-state index < -0.39 is 5.91 Å². The normalized spacial score (nSPS) is 8.94. The number of carbonyl (C=O) groups excluding carboxylic acids is 1. The molecule has 4 heteroatoms. The van der Waals surface area contributed by atoms with Gasteiger partial charge in [-0.15, -0.1) is 0 Å². The fourth-order valence-electron chi connectivity index (χ4n) is 1.10. The monoisotopic (exact) mass is 229 g/mol.